The zero-order chi connectivity index (χ0) is 20.2. The first-order chi connectivity index (χ1) is 12.6. The van der Waals surface area contributed by atoms with Gasteiger partial charge < -0.3 is 9.84 Å². The summed E-state index contributed by atoms with van der Waals surface area (Å²) in [5.41, 5.74) is 3.67. The molecular formula is C19H21N3O5. The lowest BCUT2D eigenvalue weighted by atomic mass is 9.87. The van der Waals surface area contributed by atoms with Crippen molar-refractivity contribution >= 4 is 17.8 Å². The van der Waals surface area contributed by atoms with Gasteiger partial charge in [-0.1, -0.05) is 32.9 Å². The fourth-order valence-corrected chi connectivity index (χ4v) is 2.33. The van der Waals surface area contributed by atoms with Gasteiger partial charge in [0.15, 0.2) is 5.75 Å². The van der Waals surface area contributed by atoms with Gasteiger partial charge in [-0.25, -0.2) is 5.43 Å². The Labute approximate surface area is 156 Å². The number of nitrogens with zero attached hydrogens (tertiary/aromatic N) is 2. The Morgan fingerprint density at radius 3 is 2.41 bits per heavy atom. The van der Waals surface area contributed by atoms with Crippen molar-refractivity contribution in [1.82, 2.24) is 5.43 Å². The van der Waals surface area contributed by atoms with E-state index >= 15 is 0 Å². The first-order valence-electron chi connectivity index (χ1n) is 8.13. The Kier molecular flexibility index (Phi) is 5.79. The average molecular weight is 371 g/mol. The number of benzene rings is 2. The summed E-state index contributed by atoms with van der Waals surface area (Å²) in [6.45, 7) is 6.24. The van der Waals surface area contributed by atoms with Crippen molar-refractivity contribution in [3.63, 3.8) is 0 Å². The van der Waals surface area contributed by atoms with Gasteiger partial charge >= 0.3 is 5.69 Å². The van der Waals surface area contributed by atoms with Crippen LogP contribution in [0.2, 0.25) is 0 Å². The van der Waals surface area contributed by atoms with E-state index in [1.165, 1.54) is 19.4 Å². The predicted molar refractivity (Wildman–Crippen MR) is 102 cm³/mol. The largest absolute Gasteiger partial charge is 0.500 e. The normalized spacial score (nSPS) is 11.4. The van der Waals surface area contributed by atoms with Gasteiger partial charge in [0.25, 0.3) is 5.91 Å². The zero-order valence-electron chi connectivity index (χ0n) is 15.5. The SMILES string of the molecule is COc1cc(/C=N\NC(=O)c2ccc(C(C)(C)C)cc2)cc([N+](=O)[O-])c1O. The van der Waals surface area contributed by atoms with Crippen LogP contribution < -0.4 is 10.2 Å². The minimum absolute atomic E-state index is 0.0141. The highest BCUT2D eigenvalue weighted by Crippen LogP contribution is 2.36. The van der Waals surface area contributed by atoms with E-state index in [4.69, 9.17) is 4.74 Å². The molecule has 2 rings (SSSR count). The molecule has 0 aliphatic rings. The third-order valence-corrected chi connectivity index (χ3v) is 3.89. The van der Waals surface area contributed by atoms with Crippen molar-refractivity contribution in [1.29, 1.82) is 0 Å². The Balaban J connectivity index is 2.14. The van der Waals surface area contributed by atoms with Crippen LogP contribution in [0.4, 0.5) is 5.69 Å². The van der Waals surface area contributed by atoms with Crippen molar-refractivity contribution in [2.75, 3.05) is 7.11 Å². The van der Waals surface area contributed by atoms with Gasteiger partial charge in [-0.2, -0.15) is 5.10 Å². The maximum Gasteiger partial charge on any atom is 0.315 e. The Morgan fingerprint density at radius 1 is 1.26 bits per heavy atom. The lowest BCUT2D eigenvalue weighted by Gasteiger charge is -2.18. The number of nitro benzene ring substituents is 1. The fraction of sp³-hybridized carbons (Fsp3) is 0.263. The van der Waals surface area contributed by atoms with Crippen LogP contribution in [0.25, 0.3) is 0 Å². The molecule has 0 bridgehead atoms. The molecule has 0 saturated carbocycles. The molecule has 0 radical (unpaired) electrons. The maximum absolute atomic E-state index is 12.2. The predicted octanol–water partition coefficient (Wildman–Crippen LogP) is 3.37. The molecule has 2 aromatic rings. The molecule has 0 atom stereocenters. The van der Waals surface area contributed by atoms with Crippen LogP contribution in [0.15, 0.2) is 41.5 Å². The molecule has 8 heteroatoms. The molecule has 27 heavy (non-hydrogen) atoms. The van der Waals surface area contributed by atoms with Crippen LogP contribution in [0.5, 0.6) is 11.5 Å². The quantitative estimate of drug-likeness (QED) is 0.475. The Bertz CT molecular complexity index is 883. The third-order valence-electron chi connectivity index (χ3n) is 3.89. The van der Waals surface area contributed by atoms with E-state index in [9.17, 15) is 20.0 Å². The summed E-state index contributed by atoms with van der Waals surface area (Å²) >= 11 is 0. The van der Waals surface area contributed by atoms with Gasteiger partial charge in [0.05, 0.1) is 18.2 Å². The number of nitrogens with one attached hydrogen (secondary N) is 1. The fourth-order valence-electron chi connectivity index (χ4n) is 2.33. The number of phenolic OH excluding ortho intramolecular Hbond substituents is 1. The van der Waals surface area contributed by atoms with Crippen LogP contribution >= 0.6 is 0 Å². The number of methoxy groups -OCH3 is 1. The number of ether oxygens (including phenoxy) is 1. The summed E-state index contributed by atoms with van der Waals surface area (Å²) < 4.78 is 4.91. The number of hydrogen-bond donors (Lipinski definition) is 2. The summed E-state index contributed by atoms with van der Waals surface area (Å²) in [4.78, 5) is 22.4. The monoisotopic (exact) mass is 371 g/mol. The molecule has 0 heterocycles. The van der Waals surface area contributed by atoms with E-state index in [1.807, 2.05) is 12.1 Å². The van der Waals surface area contributed by atoms with E-state index in [-0.39, 0.29) is 11.2 Å². The van der Waals surface area contributed by atoms with Gasteiger partial charge in [-0.05, 0) is 29.2 Å². The highest BCUT2D eigenvalue weighted by Gasteiger charge is 2.19. The molecule has 0 saturated heterocycles. The van der Waals surface area contributed by atoms with Gasteiger partial charge in [0.1, 0.15) is 0 Å². The van der Waals surface area contributed by atoms with Crippen LogP contribution in [0.1, 0.15) is 42.3 Å². The summed E-state index contributed by atoms with van der Waals surface area (Å²) in [5.74, 6) is -1.04. The van der Waals surface area contributed by atoms with Crippen LogP contribution in [-0.2, 0) is 5.41 Å². The summed E-state index contributed by atoms with van der Waals surface area (Å²) in [6.07, 6.45) is 1.23. The topological polar surface area (TPSA) is 114 Å². The number of hydrogen-bond acceptors (Lipinski definition) is 6. The average Bonchev–Trinajstić information content (AvgIpc) is 2.61. The van der Waals surface area contributed by atoms with Crippen molar-refractivity contribution in [3.8, 4) is 11.5 Å². The second-order valence-corrected chi connectivity index (χ2v) is 6.87. The molecule has 2 N–H and O–H groups in total. The first kappa shape index (κ1) is 19.9. The molecular weight excluding hydrogens is 350 g/mol. The van der Waals surface area contributed by atoms with Crippen molar-refractivity contribution < 1.29 is 19.6 Å². The summed E-state index contributed by atoms with van der Waals surface area (Å²) in [5, 5.41) is 24.5. The molecule has 142 valence electrons. The van der Waals surface area contributed by atoms with E-state index < -0.39 is 22.3 Å². The van der Waals surface area contributed by atoms with Gasteiger partial charge in [0, 0.05) is 17.2 Å². The number of carbonyl (C=O) groups excluding carboxylic acids is 1. The van der Waals surface area contributed by atoms with E-state index in [2.05, 4.69) is 31.3 Å². The lowest BCUT2D eigenvalue weighted by Crippen LogP contribution is -2.18. The standard InChI is InChI=1S/C19H21N3O5/c1-19(2,3)14-7-5-13(6-8-14)18(24)21-20-11-12-9-15(22(25)26)17(23)16(10-12)27-4/h5-11,23H,1-4H3,(H,21,24)/b20-11-. The van der Waals surface area contributed by atoms with Crippen molar-refractivity contribution in [2.24, 2.45) is 5.10 Å². The maximum atomic E-state index is 12.2. The minimum Gasteiger partial charge on any atom is -0.500 e. The highest BCUT2D eigenvalue weighted by molar-refractivity contribution is 5.95. The number of phenols is 1. The smallest absolute Gasteiger partial charge is 0.315 e. The van der Waals surface area contributed by atoms with Gasteiger partial charge in [-0.15, -0.1) is 0 Å². The summed E-state index contributed by atoms with van der Waals surface area (Å²) in [6, 6.07) is 9.68. The molecule has 0 fully saturated rings. The third kappa shape index (κ3) is 4.81. The van der Waals surface area contributed by atoms with Crippen LogP contribution in [-0.4, -0.2) is 29.3 Å². The molecule has 0 aliphatic heterocycles. The van der Waals surface area contributed by atoms with E-state index in [0.717, 1.165) is 11.6 Å². The number of hydrazone groups is 1. The Morgan fingerprint density at radius 2 is 1.89 bits per heavy atom. The molecule has 1 amide bonds. The number of amides is 1. The van der Waals surface area contributed by atoms with E-state index in [1.54, 1.807) is 12.1 Å². The first-order valence-corrected chi connectivity index (χ1v) is 8.13. The lowest BCUT2D eigenvalue weighted by molar-refractivity contribution is -0.386. The van der Waals surface area contributed by atoms with Crippen molar-refractivity contribution in [2.45, 2.75) is 26.2 Å². The number of rotatable bonds is 5. The number of carbonyl (C=O) groups is 1. The number of nitro groups is 1. The molecule has 0 spiro atoms. The number of aromatic hydroxyl groups is 1. The van der Waals surface area contributed by atoms with Gasteiger partial charge in [0.2, 0.25) is 5.75 Å². The molecule has 2 aromatic carbocycles. The second kappa shape index (κ2) is 7.86. The Hall–Kier alpha value is -3.42. The van der Waals surface area contributed by atoms with Crippen molar-refractivity contribution in [3.05, 3.63) is 63.2 Å². The summed E-state index contributed by atoms with van der Waals surface area (Å²) in [7, 11) is 1.28. The molecule has 0 unspecified atom stereocenters. The second-order valence-electron chi connectivity index (χ2n) is 6.87. The van der Waals surface area contributed by atoms with Crippen LogP contribution in [0, 0.1) is 10.1 Å². The molecule has 8 nitrogen and oxygen atoms in total. The van der Waals surface area contributed by atoms with E-state index in [0.29, 0.717) is 11.1 Å². The van der Waals surface area contributed by atoms with Gasteiger partial charge in [-0.3, -0.25) is 14.9 Å². The molecule has 0 aliphatic carbocycles. The molecule has 0 aromatic heterocycles. The highest BCUT2D eigenvalue weighted by atomic mass is 16.6. The zero-order valence-corrected chi connectivity index (χ0v) is 15.5. The van der Waals surface area contributed by atoms with Crippen LogP contribution in [0.3, 0.4) is 0 Å². The minimum atomic E-state index is -0.732.